The van der Waals surface area contributed by atoms with Crippen LogP contribution in [-0.2, 0) is 4.79 Å². The summed E-state index contributed by atoms with van der Waals surface area (Å²) in [6, 6.07) is 14.1. The number of pyridine rings is 1. The summed E-state index contributed by atoms with van der Waals surface area (Å²) in [7, 11) is 0. The van der Waals surface area contributed by atoms with Gasteiger partial charge in [-0.1, -0.05) is 18.2 Å². The Morgan fingerprint density at radius 3 is 2.51 bits per heavy atom. The smallest absolute Gasteiger partial charge is 0.272 e. The fraction of sp³-hybridized carbons (Fsp3) is 0.250. The average molecular weight is 489 g/mol. The Labute approximate surface area is 208 Å². The minimum absolute atomic E-state index is 0.0190. The lowest BCUT2D eigenvalue weighted by Gasteiger charge is -2.27. The van der Waals surface area contributed by atoms with Gasteiger partial charge in [0.2, 0.25) is 5.91 Å². The fourth-order valence-corrected chi connectivity index (χ4v) is 4.00. The lowest BCUT2D eigenvalue weighted by atomic mass is 10.1. The van der Waals surface area contributed by atoms with Crippen LogP contribution in [-0.4, -0.2) is 57.8 Å². The van der Waals surface area contributed by atoms with Crippen LogP contribution in [0.2, 0.25) is 0 Å². The minimum atomic E-state index is -0.682. The number of anilines is 2. The predicted octanol–water partition coefficient (Wildman–Crippen LogP) is 2.02. The van der Waals surface area contributed by atoms with Gasteiger partial charge < -0.3 is 21.3 Å². The predicted molar refractivity (Wildman–Crippen MR) is 135 cm³/mol. The molecule has 0 aliphatic carbocycles. The van der Waals surface area contributed by atoms with E-state index in [0.29, 0.717) is 41.4 Å². The molecule has 3 heterocycles. The standard InChI is InChI=1S/C24H24N8O2S/c1-14(33)28-16-7-5-15(6-8-16)20-17(13-25)22(26)31-23(30-20)21(35)18-3-2-4-19(29-18)24(34)32-11-9-27-10-12-32/h2-8,21,27,35H,9-12H2,1H3,(H,28,33)(H2,26,30,31). The van der Waals surface area contributed by atoms with Crippen LogP contribution in [0, 0.1) is 11.3 Å². The molecule has 1 unspecified atom stereocenters. The molecule has 10 nitrogen and oxygen atoms in total. The van der Waals surface area contributed by atoms with Crippen molar-refractivity contribution in [3.63, 3.8) is 0 Å². The number of carbonyl (C=O) groups is 2. The van der Waals surface area contributed by atoms with Crippen LogP contribution in [0.1, 0.15) is 39.7 Å². The second-order valence-corrected chi connectivity index (χ2v) is 8.47. The number of amides is 2. The van der Waals surface area contributed by atoms with Gasteiger partial charge >= 0.3 is 0 Å². The van der Waals surface area contributed by atoms with Crippen molar-refractivity contribution >= 4 is 35.9 Å². The van der Waals surface area contributed by atoms with Crippen LogP contribution in [0.15, 0.2) is 42.5 Å². The van der Waals surface area contributed by atoms with Crippen molar-refractivity contribution in [1.29, 1.82) is 5.26 Å². The quantitative estimate of drug-likeness (QED) is 0.398. The van der Waals surface area contributed by atoms with Gasteiger partial charge in [0.25, 0.3) is 5.91 Å². The summed E-state index contributed by atoms with van der Waals surface area (Å²) in [5.41, 5.74) is 8.64. The number of hydrogen-bond donors (Lipinski definition) is 4. The Morgan fingerprint density at radius 2 is 1.86 bits per heavy atom. The number of nitrogens with zero attached hydrogens (tertiary/aromatic N) is 5. The van der Waals surface area contributed by atoms with Crippen molar-refractivity contribution in [1.82, 2.24) is 25.2 Å². The molecule has 1 saturated heterocycles. The molecule has 0 radical (unpaired) electrons. The highest BCUT2D eigenvalue weighted by Gasteiger charge is 2.23. The van der Waals surface area contributed by atoms with Gasteiger partial charge in [-0.2, -0.15) is 17.9 Å². The van der Waals surface area contributed by atoms with E-state index < -0.39 is 5.25 Å². The van der Waals surface area contributed by atoms with Crippen LogP contribution in [0.4, 0.5) is 11.5 Å². The molecule has 11 heteroatoms. The molecule has 4 rings (SSSR count). The molecule has 1 atom stereocenters. The number of hydrogen-bond acceptors (Lipinski definition) is 9. The molecule has 0 spiro atoms. The van der Waals surface area contributed by atoms with E-state index in [9.17, 15) is 14.9 Å². The third kappa shape index (κ3) is 5.40. The highest BCUT2D eigenvalue weighted by molar-refractivity contribution is 7.80. The van der Waals surface area contributed by atoms with E-state index in [1.54, 1.807) is 47.4 Å². The number of carbonyl (C=O) groups excluding carboxylic acids is 2. The highest BCUT2D eigenvalue weighted by Crippen LogP contribution is 2.31. The first kappa shape index (κ1) is 24.1. The van der Waals surface area contributed by atoms with Gasteiger partial charge in [-0.25, -0.2) is 15.0 Å². The molecular weight excluding hydrogens is 464 g/mol. The van der Waals surface area contributed by atoms with Crippen molar-refractivity contribution in [2.75, 3.05) is 37.2 Å². The molecule has 4 N–H and O–H groups in total. The van der Waals surface area contributed by atoms with Crippen LogP contribution in [0.5, 0.6) is 0 Å². The minimum Gasteiger partial charge on any atom is -0.382 e. The number of nitrogens with two attached hydrogens (primary N) is 1. The van der Waals surface area contributed by atoms with E-state index in [4.69, 9.17) is 5.73 Å². The van der Waals surface area contributed by atoms with Gasteiger partial charge in [0, 0.05) is 44.4 Å². The molecule has 0 saturated carbocycles. The zero-order chi connectivity index (χ0) is 24.9. The summed E-state index contributed by atoms with van der Waals surface area (Å²) in [5, 5.41) is 14.9. The Bertz CT molecular complexity index is 1300. The van der Waals surface area contributed by atoms with E-state index in [0.717, 1.165) is 13.1 Å². The zero-order valence-corrected chi connectivity index (χ0v) is 19.9. The molecule has 178 valence electrons. The lowest BCUT2D eigenvalue weighted by Crippen LogP contribution is -2.46. The number of nitrogens with one attached hydrogen (secondary N) is 2. The van der Waals surface area contributed by atoms with E-state index in [1.165, 1.54) is 6.92 Å². The maximum atomic E-state index is 12.9. The first-order chi connectivity index (χ1) is 16.9. The van der Waals surface area contributed by atoms with Gasteiger partial charge in [-0.05, 0) is 24.3 Å². The maximum Gasteiger partial charge on any atom is 0.272 e. The normalized spacial score (nSPS) is 14.1. The number of rotatable bonds is 5. The molecule has 35 heavy (non-hydrogen) atoms. The molecule has 1 aliphatic rings. The van der Waals surface area contributed by atoms with Crippen molar-refractivity contribution in [2.45, 2.75) is 12.2 Å². The summed E-state index contributed by atoms with van der Waals surface area (Å²) in [6.07, 6.45) is 0. The van der Waals surface area contributed by atoms with Gasteiger partial charge in [0.15, 0.2) is 0 Å². The molecule has 1 aromatic carbocycles. The van der Waals surface area contributed by atoms with E-state index in [2.05, 4.69) is 44.3 Å². The van der Waals surface area contributed by atoms with E-state index in [-0.39, 0.29) is 29.0 Å². The summed E-state index contributed by atoms with van der Waals surface area (Å²) in [4.78, 5) is 39.3. The molecule has 0 bridgehead atoms. The van der Waals surface area contributed by atoms with Gasteiger partial charge in [0.1, 0.15) is 34.2 Å². The average Bonchev–Trinajstić information content (AvgIpc) is 2.88. The zero-order valence-electron chi connectivity index (χ0n) is 19.0. The third-order valence-corrected chi connectivity index (χ3v) is 5.96. The third-order valence-electron chi connectivity index (χ3n) is 5.46. The molecule has 2 amide bonds. The lowest BCUT2D eigenvalue weighted by molar-refractivity contribution is -0.114. The van der Waals surface area contributed by atoms with Gasteiger partial charge in [-0.3, -0.25) is 9.59 Å². The second-order valence-electron chi connectivity index (χ2n) is 7.95. The van der Waals surface area contributed by atoms with Crippen molar-refractivity contribution < 1.29 is 9.59 Å². The SMILES string of the molecule is CC(=O)Nc1ccc(-c2nc(C(S)c3cccc(C(=O)N4CCNCC4)n3)nc(N)c2C#N)cc1. The number of thiol groups is 1. The topological polar surface area (TPSA) is 150 Å². The number of aromatic nitrogens is 3. The molecule has 1 aliphatic heterocycles. The largest absolute Gasteiger partial charge is 0.382 e. The Hall–Kier alpha value is -4.01. The molecular formula is C24H24N8O2S. The molecule has 2 aromatic heterocycles. The van der Waals surface area contributed by atoms with Crippen LogP contribution >= 0.6 is 12.6 Å². The Morgan fingerprint density at radius 1 is 1.14 bits per heavy atom. The highest BCUT2D eigenvalue weighted by atomic mass is 32.1. The second kappa shape index (κ2) is 10.5. The van der Waals surface area contributed by atoms with Crippen LogP contribution in [0.25, 0.3) is 11.3 Å². The van der Waals surface area contributed by atoms with Gasteiger partial charge in [0.05, 0.1) is 11.4 Å². The first-order valence-electron chi connectivity index (χ1n) is 11.0. The number of nitriles is 1. The van der Waals surface area contributed by atoms with Crippen LogP contribution in [0.3, 0.4) is 0 Å². The molecule has 1 fully saturated rings. The fourth-order valence-electron chi connectivity index (χ4n) is 3.74. The van der Waals surface area contributed by atoms with E-state index in [1.807, 2.05) is 0 Å². The Kier molecular flexibility index (Phi) is 7.24. The van der Waals surface area contributed by atoms with E-state index >= 15 is 0 Å². The maximum absolute atomic E-state index is 12.9. The summed E-state index contributed by atoms with van der Waals surface area (Å²) >= 11 is 4.67. The van der Waals surface area contributed by atoms with Crippen LogP contribution < -0.4 is 16.4 Å². The number of piperazine rings is 1. The van der Waals surface area contributed by atoms with Crippen molar-refractivity contribution in [3.8, 4) is 17.3 Å². The molecule has 3 aromatic rings. The monoisotopic (exact) mass is 488 g/mol. The number of nitrogen functional groups attached to an aromatic ring is 1. The summed E-state index contributed by atoms with van der Waals surface area (Å²) in [5.74, 6) is -0.0585. The summed E-state index contributed by atoms with van der Waals surface area (Å²) in [6.45, 7) is 4.15. The van der Waals surface area contributed by atoms with Crippen molar-refractivity contribution in [3.05, 3.63) is 65.2 Å². The Balaban J connectivity index is 1.66. The first-order valence-corrected chi connectivity index (χ1v) is 11.5. The van der Waals surface area contributed by atoms with Crippen molar-refractivity contribution in [2.24, 2.45) is 0 Å². The summed E-state index contributed by atoms with van der Waals surface area (Å²) < 4.78 is 0. The van der Waals surface area contributed by atoms with Gasteiger partial charge in [-0.15, -0.1) is 0 Å². The number of benzene rings is 1.